The van der Waals surface area contributed by atoms with E-state index in [1.165, 1.54) is 6.08 Å². The van der Waals surface area contributed by atoms with E-state index in [9.17, 15) is 4.79 Å². The van der Waals surface area contributed by atoms with Gasteiger partial charge in [0.1, 0.15) is 6.10 Å². The molecule has 1 N–H and O–H groups in total. The van der Waals surface area contributed by atoms with Gasteiger partial charge in [-0.25, -0.2) is 4.79 Å². The Labute approximate surface area is 53.9 Å². The fraction of sp³-hybridized carbons (Fsp3) is 0.500. The molecule has 52 valence electrons. The van der Waals surface area contributed by atoms with E-state index < -0.39 is 6.16 Å². The molecule has 0 aromatic rings. The summed E-state index contributed by atoms with van der Waals surface area (Å²) in [4.78, 5) is 9.86. The Bertz CT molecular complexity index is 109. The fourth-order valence-corrected chi connectivity index (χ4v) is 0.428. The van der Waals surface area contributed by atoms with Crippen molar-refractivity contribution < 1.29 is 14.6 Å². The van der Waals surface area contributed by atoms with Crippen LogP contribution < -0.4 is 0 Å². The van der Waals surface area contributed by atoms with Crippen LogP contribution >= 0.6 is 0 Å². The van der Waals surface area contributed by atoms with Gasteiger partial charge < -0.3 is 9.84 Å². The van der Waals surface area contributed by atoms with Gasteiger partial charge in [-0.1, -0.05) is 19.6 Å². The first-order chi connectivity index (χ1) is 4.20. The molecule has 0 bridgehead atoms. The summed E-state index contributed by atoms with van der Waals surface area (Å²) in [5.74, 6) is 0. The number of rotatable bonds is 3. The van der Waals surface area contributed by atoms with Crippen molar-refractivity contribution in [2.75, 3.05) is 0 Å². The van der Waals surface area contributed by atoms with Gasteiger partial charge in [0, 0.05) is 0 Å². The smallest absolute Gasteiger partial charge is 0.450 e. The van der Waals surface area contributed by atoms with Crippen molar-refractivity contribution in [2.24, 2.45) is 0 Å². The van der Waals surface area contributed by atoms with Gasteiger partial charge in [0.15, 0.2) is 0 Å². The quantitative estimate of drug-likeness (QED) is 0.466. The fourth-order valence-electron chi connectivity index (χ4n) is 0.428. The Morgan fingerprint density at radius 3 is 2.67 bits per heavy atom. The highest BCUT2D eigenvalue weighted by Gasteiger charge is 2.04. The molecular formula is C6H10O3. The zero-order valence-corrected chi connectivity index (χ0v) is 5.33. The molecule has 0 rings (SSSR count). The first-order valence-corrected chi connectivity index (χ1v) is 2.72. The van der Waals surface area contributed by atoms with Crippen LogP contribution in [0.1, 0.15) is 13.3 Å². The van der Waals surface area contributed by atoms with Crippen LogP contribution in [0.4, 0.5) is 4.79 Å². The van der Waals surface area contributed by atoms with E-state index in [2.05, 4.69) is 11.3 Å². The van der Waals surface area contributed by atoms with Gasteiger partial charge in [-0.2, -0.15) is 0 Å². The van der Waals surface area contributed by atoms with Gasteiger partial charge in [0.2, 0.25) is 0 Å². The Hall–Kier alpha value is -0.990. The molecule has 0 aliphatic heterocycles. The zero-order valence-electron chi connectivity index (χ0n) is 5.33. The molecule has 0 saturated heterocycles. The van der Waals surface area contributed by atoms with Crippen LogP contribution in [0.15, 0.2) is 12.7 Å². The SMILES string of the molecule is C=CC(CC)OC(=O)O. The summed E-state index contributed by atoms with van der Waals surface area (Å²) in [7, 11) is 0. The molecule has 0 aliphatic rings. The van der Waals surface area contributed by atoms with E-state index in [0.29, 0.717) is 6.42 Å². The molecule has 0 aliphatic carbocycles. The Morgan fingerprint density at radius 2 is 2.56 bits per heavy atom. The standard InChI is InChI=1S/C6H10O3/c1-3-5(4-2)9-6(7)8/h3,5H,1,4H2,2H3,(H,7,8). The maximum absolute atomic E-state index is 9.86. The molecule has 1 unspecified atom stereocenters. The molecule has 1 atom stereocenters. The number of carboxylic acid groups (broad SMARTS) is 1. The third kappa shape index (κ3) is 3.58. The second-order valence-corrected chi connectivity index (χ2v) is 1.57. The Kier molecular flexibility index (Phi) is 3.51. The molecule has 3 nitrogen and oxygen atoms in total. The third-order valence-corrected chi connectivity index (χ3v) is 0.917. The maximum atomic E-state index is 9.86. The highest BCUT2D eigenvalue weighted by Crippen LogP contribution is 1.97. The maximum Gasteiger partial charge on any atom is 0.506 e. The van der Waals surface area contributed by atoms with E-state index in [4.69, 9.17) is 5.11 Å². The van der Waals surface area contributed by atoms with Crippen molar-refractivity contribution in [3.8, 4) is 0 Å². The van der Waals surface area contributed by atoms with Crippen LogP contribution in [0.5, 0.6) is 0 Å². The van der Waals surface area contributed by atoms with E-state index in [1.807, 2.05) is 6.92 Å². The van der Waals surface area contributed by atoms with Gasteiger partial charge in [-0.15, -0.1) is 0 Å². The normalized spacial score (nSPS) is 12.1. The van der Waals surface area contributed by atoms with Gasteiger partial charge in [0.05, 0.1) is 0 Å². The molecule has 0 fully saturated rings. The van der Waals surface area contributed by atoms with Crippen LogP contribution in [0.25, 0.3) is 0 Å². The van der Waals surface area contributed by atoms with Crippen LogP contribution in [0.3, 0.4) is 0 Å². The predicted molar refractivity (Wildman–Crippen MR) is 33.4 cm³/mol. The topological polar surface area (TPSA) is 46.5 Å². The van der Waals surface area contributed by atoms with Gasteiger partial charge in [-0.05, 0) is 6.42 Å². The molecule has 9 heavy (non-hydrogen) atoms. The first kappa shape index (κ1) is 8.01. The highest BCUT2D eigenvalue weighted by atomic mass is 16.7. The lowest BCUT2D eigenvalue weighted by Crippen LogP contribution is -2.12. The van der Waals surface area contributed by atoms with Crippen LogP contribution in [-0.2, 0) is 4.74 Å². The minimum absolute atomic E-state index is 0.359. The first-order valence-electron chi connectivity index (χ1n) is 2.72. The average molecular weight is 130 g/mol. The van der Waals surface area contributed by atoms with Crippen molar-refractivity contribution in [3.05, 3.63) is 12.7 Å². The monoisotopic (exact) mass is 130 g/mol. The van der Waals surface area contributed by atoms with E-state index in [0.717, 1.165) is 0 Å². The summed E-state index contributed by atoms with van der Waals surface area (Å²) in [6.07, 6.45) is 0.494. The summed E-state index contributed by atoms with van der Waals surface area (Å²) < 4.78 is 4.35. The molecule has 0 aromatic heterocycles. The molecular weight excluding hydrogens is 120 g/mol. The van der Waals surface area contributed by atoms with Crippen molar-refractivity contribution in [3.63, 3.8) is 0 Å². The van der Waals surface area contributed by atoms with Gasteiger partial charge in [-0.3, -0.25) is 0 Å². The number of hydrogen-bond donors (Lipinski definition) is 1. The van der Waals surface area contributed by atoms with Crippen molar-refractivity contribution in [2.45, 2.75) is 19.4 Å². The van der Waals surface area contributed by atoms with Crippen molar-refractivity contribution in [1.82, 2.24) is 0 Å². The minimum atomic E-state index is -1.25. The third-order valence-electron chi connectivity index (χ3n) is 0.917. The molecule has 0 saturated carbocycles. The molecule has 3 heteroatoms. The van der Waals surface area contributed by atoms with Crippen molar-refractivity contribution in [1.29, 1.82) is 0 Å². The molecule has 0 heterocycles. The van der Waals surface area contributed by atoms with Crippen LogP contribution in [0, 0.1) is 0 Å². The molecule has 0 aromatic carbocycles. The zero-order chi connectivity index (χ0) is 7.28. The Balaban J connectivity index is 3.55. The summed E-state index contributed by atoms with van der Waals surface area (Å²) in [6.45, 7) is 5.23. The highest BCUT2D eigenvalue weighted by molar-refractivity contribution is 5.57. The Morgan fingerprint density at radius 1 is 2.00 bits per heavy atom. The number of hydrogen-bond acceptors (Lipinski definition) is 2. The van der Waals surface area contributed by atoms with Crippen molar-refractivity contribution >= 4 is 6.16 Å². The second kappa shape index (κ2) is 3.95. The molecule has 0 spiro atoms. The van der Waals surface area contributed by atoms with E-state index in [1.54, 1.807) is 0 Å². The number of ether oxygens (including phenoxy) is 1. The average Bonchev–Trinajstić information content (AvgIpc) is 1.82. The summed E-state index contributed by atoms with van der Waals surface area (Å²) >= 11 is 0. The largest absolute Gasteiger partial charge is 0.506 e. The second-order valence-electron chi connectivity index (χ2n) is 1.57. The van der Waals surface area contributed by atoms with Crippen LogP contribution in [0.2, 0.25) is 0 Å². The lowest BCUT2D eigenvalue weighted by molar-refractivity contribution is 0.0680. The summed E-state index contributed by atoms with van der Waals surface area (Å²) in [5.41, 5.74) is 0. The number of carbonyl (C=O) groups is 1. The summed E-state index contributed by atoms with van der Waals surface area (Å²) in [5, 5.41) is 8.08. The minimum Gasteiger partial charge on any atom is -0.450 e. The van der Waals surface area contributed by atoms with E-state index >= 15 is 0 Å². The van der Waals surface area contributed by atoms with Gasteiger partial charge >= 0.3 is 6.16 Å². The molecule has 0 radical (unpaired) electrons. The summed E-state index contributed by atoms with van der Waals surface area (Å²) in [6, 6.07) is 0. The molecule has 0 amide bonds. The lowest BCUT2D eigenvalue weighted by atomic mass is 10.3. The van der Waals surface area contributed by atoms with E-state index in [-0.39, 0.29) is 6.10 Å². The lowest BCUT2D eigenvalue weighted by Gasteiger charge is -2.06. The predicted octanol–water partition coefficient (Wildman–Crippen LogP) is 1.65. The van der Waals surface area contributed by atoms with Gasteiger partial charge in [0.25, 0.3) is 0 Å². The van der Waals surface area contributed by atoms with Crippen LogP contribution in [-0.4, -0.2) is 17.4 Å².